The van der Waals surface area contributed by atoms with Gasteiger partial charge in [-0.2, -0.15) is 0 Å². The smallest absolute Gasteiger partial charge is 0.405 e. The highest BCUT2D eigenvalue weighted by atomic mass is 35.5. The van der Waals surface area contributed by atoms with Crippen molar-refractivity contribution in [3.63, 3.8) is 0 Å². The summed E-state index contributed by atoms with van der Waals surface area (Å²) >= 11 is 6.30. The zero-order valence-corrected chi connectivity index (χ0v) is 17.4. The van der Waals surface area contributed by atoms with Crippen LogP contribution in [0, 0.1) is 0 Å². The number of nitrogens with zero attached hydrogens (tertiary/aromatic N) is 1. The number of anilines is 1. The van der Waals surface area contributed by atoms with Crippen LogP contribution in [0.4, 0.5) is 18.9 Å². The number of amides is 1. The Bertz CT molecular complexity index is 926. The van der Waals surface area contributed by atoms with Crippen molar-refractivity contribution in [1.29, 1.82) is 0 Å². The van der Waals surface area contributed by atoms with Gasteiger partial charge in [0, 0.05) is 24.6 Å². The maximum absolute atomic E-state index is 12.7. The van der Waals surface area contributed by atoms with Gasteiger partial charge in [0.15, 0.2) is 0 Å². The molecule has 0 bridgehead atoms. The number of benzene rings is 2. The quantitative estimate of drug-likeness (QED) is 0.618. The molecule has 10 heteroatoms. The van der Waals surface area contributed by atoms with Crippen molar-refractivity contribution >= 4 is 23.2 Å². The summed E-state index contributed by atoms with van der Waals surface area (Å²) in [4.78, 5) is 18.9. The highest BCUT2D eigenvalue weighted by molar-refractivity contribution is 6.33. The summed E-state index contributed by atoms with van der Waals surface area (Å²) < 4.78 is 42.1. The zero-order valence-electron chi connectivity index (χ0n) is 16.7. The summed E-state index contributed by atoms with van der Waals surface area (Å²) in [7, 11) is 0. The van der Waals surface area contributed by atoms with Crippen LogP contribution in [0.15, 0.2) is 42.5 Å². The summed E-state index contributed by atoms with van der Waals surface area (Å²) in [5, 5.41) is 10.1. The number of piperidine rings is 1. The number of hydrogen-bond donors (Lipinski definition) is 2. The maximum atomic E-state index is 12.7. The SMILES string of the molecule is CC(=O)N1CCC(O)CC1CONc1ccc(-c2ccccc2OC(F)(F)F)c(Cl)c1. The molecular formula is C21H22ClF3N2O4. The molecule has 1 saturated heterocycles. The van der Waals surface area contributed by atoms with Crippen molar-refractivity contribution in [2.75, 3.05) is 18.6 Å². The lowest BCUT2D eigenvalue weighted by atomic mass is 10.00. The second-order valence-electron chi connectivity index (χ2n) is 7.20. The van der Waals surface area contributed by atoms with Crippen molar-refractivity contribution in [2.45, 2.75) is 38.3 Å². The molecule has 2 aromatic carbocycles. The average Bonchev–Trinajstić information content (AvgIpc) is 2.67. The first-order valence-corrected chi connectivity index (χ1v) is 9.99. The third-order valence-electron chi connectivity index (χ3n) is 4.93. The summed E-state index contributed by atoms with van der Waals surface area (Å²) in [6.07, 6.45) is -4.37. The van der Waals surface area contributed by atoms with E-state index in [4.69, 9.17) is 16.4 Å². The molecule has 1 aliphatic rings. The standard InChI is InChI=1S/C21H22ClF3N2O4/c1-13(28)27-9-8-16(29)11-15(27)12-30-26-14-6-7-17(19(22)10-14)18-4-2-3-5-20(18)31-21(23,24)25/h2-7,10,15-16,26,29H,8-9,11-12H2,1H3. The van der Waals surface area contributed by atoms with E-state index in [-0.39, 0.29) is 34.9 Å². The van der Waals surface area contributed by atoms with E-state index in [2.05, 4.69) is 10.2 Å². The number of aliphatic hydroxyl groups is 1. The van der Waals surface area contributed by atoms with Crippen molar-refractivity contribution in [3.05, 3.63) is 47.5 Å². The topological polar surface area (TPSA) is 71.0 Å². The molecule has 1 heterocycles. The Balaban J connectivity index is 1.67. The van der Waals surface area contributed by atoms with Crippen LogP contribution in [-0.4, -0.2) is 47.6 Å². The summed E-state index contributed by atoms with van der Waals surface area (Å²) in [5.74, 6) is -0.443. The van der Waals surface area contributed by atoms with Crippen LogP contribution in [0.25, 0.3) is 11.1 Å². The fourth-order valence-corrected chi connectivity index (χ4v) is 3.81. The number of carbonyl (C=O) groups excluding carboxylic acids is 1. The summed E-state index contributed by atoms with van der Waals surface area (Å²) in [6.45, 7) is 2.08. The summed E-state index contributed by atoms with van der Waals surface area (Å²) in [5.41, 5.74) is 3.77. The largest absolute Gasteiger partial charge is 0.573 e. The van der Waals surface area contributed by atoms with E-state index >= 15 is 0 Å². The number of nitrogens with one attached hydrogen (secondary N) is 1. The van der Waals surface area contributed by atoms with Gasteiger partial charge in [-0.05, 0) is 31.0 Å². The van der Waals surface area contributed by atoms with Crippen LogP contribution in [0.2, 0.25) is 5.02 Å². The Labute approximate surface area is 182 Å². The Morgan fingerprint density at radius 1 is 1.26 bits per heavy atom. The molecule has 0 aromatic heterocycles. The van der Waals surface area contributed by atoms with Gasteiger partial charge in [-0.1, -0.05) is 35.9 Å². The van der Waals surface area contributed by atoms with E-state index in [1.807, 2.05) is 0 Å². The molecule has 1 aliphatic heterocycles. The minimum atomic E-state index is -4.82. The molecule has 0 spiro atoms. The lowest BCUT2D eigenvalue weighted by molar-refractivity contribution is -0.274. The van der Waals surface area contributed by atoms with Gasteiger partial charge in [-0.15, -0.1) is 13.2 Å². The molecule has 168 valence electrons. The molecule has 1 fully saturated rings. The minimum Gasteiger partial charge on any atom is -0.405 e. The fraction of sp³-hybridized carbons (Fsp3) is 0.381. The van der Waals surface area contributed by atoms with Crippen molar-refractivity contribution in [2.24, 2.45) is 0 Å². The normalized spacial score (nSPS) is 19.2. The third-order valence-corrected chi connectivity index (χ3v) is 5.24. The van der Waals surface area contributed by atoms with Gasteiger partial charge in [-0.25, -0.2) is 0 Å². The first-order valence-electron chi connectivity index (χ1n) is 9.62. The van der Waals surface area contributed by atoms with E-state index in [0.29, 0.717) is 30.6 Å². The Morgan fingerprint density at radius 2 is 2.00 bits per heavy atom. The molecule has 31 heavy (non-hydrogen) atoms. The Kier molecular flexibility index (Phi) is 7.30. The predicted octanol–water partition coefficient (Wildman–Crippen LogP) is 4.62. The number of hydrogen-bond acceptors (Lipinski definition) is 5. The Hall–Kier alpha value is -2.49. The molecule has 0 saturated carbocycles. The van der Waals surface area contributed by atoms with Crippen LogP contribution >= 0.6 is 11.6 Å². The number of aliphatic hydroxyl groups excluding tert-OH is 1. The van der Waals surface area contributed by atoms with E-state index in [9.17, 15) is 23.1 Å². The predicted molar refractivity (Wildman–Crippen MR) is 110 cm³/mol. The molecule has 2 atom stereocenters. The molecule has 6 nitrogen and oxygen atoms in total. The number of para-hydroxylation sites is 1. The molecule has 3 rings (SSSR count). The third kappa shape index (κ3) is 6.25. The van der Waals surface area contributed by atoms with E-state index in [1.165, 1.54) is 31.2 Å². The van der Waals surface area contributed by atoms with Gasteiger partial charge in [0.25, 0.3) is 0 Å². The highest BCUT2D eigenvalue weighted by Gasteiger charge is 2.32. The van der Waals surface area contributed by atoms with E-state index in [0.717, 1.165) is 0 Å². The number of alkyl halides is 3. The van der Waals surface area contributed by atoms with Gasteiger partial charge in [-0.3, -0.25) is 15.1 Å². The molecule has 0 aliphatic carbocycles. The number of likely N-dealkylation sites (tertiary alicyclic amines) is 1. The van der Waals surface area contributed by atoms with Crippen LogP contribution < -0.4 is 10.2 Å². The van der Waals surface area contributed by atoms with Crippen molar-refractivity contribution < 1.29 is 32.6 Å². The van der Waals surface area contributed by atoms with Gasteiger partial charge in [0.05, 0.1) is 29.5 Å². The first kappa shape index (κ1) is 23.2. The Morgan fingerprint density at radius 3 is 2.68 bits per heavy atom. The molecule has 0 radical (unpaired) electrons. The maximum Gasteiger partial charge on any atom is 0.573 e. The lowest BCUT2D eigenvalue weighted by Crippen LogP contribution is -2.49. The van der Waals surface area contributed by atoms with E-state index in [1.54, 1.807) is 23.1 Å². The van der Waals surface area contributed by atoms with Gasteiger partial charge in [0.2, 0.25) is 5.91 Å². The fourth-order valence-electron chi connectivity index (χ4n) is 3.52. The molecular weight excluding hydrogens is 437 g/mol. The van der Waals surface area contributed by atoms with Gasteiger partial charge in [0.1, 0.15) is 5.75 Å². The van der Waals surface area contributed by atoms with Gasteiger partial charge < -0.3 is 14.7 Å². The zero-order chi connectivity index (χ0) is 22.6. The highest BCUT2D eigenvalue weighted by Crippen LogP contribution is 2.38. The second-order valence-corrected chi connectivity index (χ2v) is 7.60. The van der Waals surface area contributed by atoms with Crippen molar-refractivity contribution in [3.8, 4) is 16.9 Å². The molecule has 2 aromatic rings. The second kappa shape index (κ2) is 9.76. The number of ether oxygens (including phenoxy) is 1. The number of carbonyl (C=O) groups is 1. The van der Waals surface area contributed by atoms with Crippen LogP contribution in [-0.2, 0) is 9.63 Å². The van der Waals surface area contributed by atoms with Crippen molar-refractivity contribution in [1.82, 2.24) is 4.90 Å². The lowest BCUT2D eigenvalue weighted by Gasteiger charge is -2.37. The molecule has 1 amide bonds. The van der Waals surface area contributed by atoms with E-state index < -0.39 is 12.5 Å². The number of halogens is 4. The number of rotatable bonds is 6. The van der Waals surface area contributed by atoms with Crippen LogP contribution in [0.1, 0.15) is 19.8 Å². The van der Waals surface area contributed by atoms with Gasteiger partial charge >= 0.3 is 6.36 Å². The monoisotopic (exact) mass is 458 g/mol. The molecule has 2 unspecified atom stereocenters. The first-order chi connectivity index (χ1) is 14.6. The molecule has 2 N–H and O–H groups in total. The van der Waals surface area contributed by atoms with Crippen LogP contribution in [0.5, 0.6) is 5.75 Å². The van der Waals surface area contributed by atoms with Crippen LogP contribution in [0.3, 0.4) is 0 Å². The summed E-state index contributed by atoms with van der Waals surface area (Å²) in [6, 6.07) is 10.1. The minimum absolute atomic E-state index is 0.0901. The average molecular weight is 459 g/mol.